The molecule has 0 aliphatic rings. The van der Waals surface area contributed by atoms with E-state index in [1.807, 2.05) is 44.2 Å². The topological polar surface area (TPSA) is 50.1 Å². The molecule has 94 valence electrons. The maximum absolute atomic E-state index is 5.44. The second kappa shape index (κ2) is 5.64. The van der Waals surface area contributed by atoms with Crippen molar-refractivity contribution in [3.63, 3.8) is 0 Å². The standard InChI is InChI=1S/C13H15N3OS/c1-9-4-3-5-12(15-9)16-13(18)14-8-11-7-6-10(2)17-11/h3-7H,8H2,1-2H3,(H2,14,15,16,18). The SMILES string of the molecule is Cc1cccc(NC(=S)NCc2ccc(C)o2)n1. The summed E-state index contributed by atoms with van der Waals surface area (Å²) in [6.07, 6.45) is 0. The van der Waals surface area contributed by atoms with Crippen molar-refractivity contribution in [3.05, 3.63) is 47.5 Å². The second-order valence-electron chi connectivity index (χ2n) is 3.98. The zero-order valence-electron chi connectivity index (χ0n) is 10.4. The molecule has 0 amide bonds. The molecule has 4 nitrogen and oxygen atoms in total. The van der Waals surface area contributed by atoms with Gasteiger partial charge in [0.15, 0.2) is 5.11 Å². The lowest BCUT2D eigenvalue weighted by molar-refractivity contribution is 0.478. The number of hydrogen-bond donors (Lipinski definition) is 2. The Morgan fingerprint density at radius 1 is 1.28 bits per heavy atom. The van der Waals surface area contributed by atoms with E-state index in [0.29, 0.717) is 11.7 Å². The van der Waals surface area contributed by atoms with E-state index in [4.69, 9.17) is 16.6 Å². The predicted octanol–water partition coefficient (Wildman–Crippen LogP) is 2.78. The number of thiocarbonyl (C=S) groups is 1. The smallest absolute Gasteiger partial charge is 0.172 e. The van der Waals surface area contributed by atoms with Crippen LogP contribution < -0.4 is 10.6 Å². The van der Waals surface area contributed by atoms with Crippen LogP contribution >= 0.6 is 12.2 Å². The Balaban J connectivity index is 1.85. The minimum absolute atomic E-state index is 0.530. The van der Waals surface area contributed by atoms with Crippen LogP contribution in [-0.4, -0.2) is 10.1 Å². The Kier molecular flexibility index (Phi) is 3.94. The number of pyridine rings is 1. The highest BCUT2D eigenvalue weighted by atomic mass is 32.1. The van der Waals surface area contributed by atoms with Crippen LogP contribution in [0, 0.1) is 13.8 Å². The van der Waals surface area contributed by atoms with Crippen molar-refractivity contribution in [3.8, 4) is 0 Å². The first-order valence-electron chi connectivity index (χ1n) is 5.67. The molecule has 5 heteroatoms. The van der Waals surface area contributed by atoms with Gasteiger partial charge in [-0.05, 0) is 50.3 Å². The fourth-order valence-electron chi connectivity index (χ4n) is 1.52. The van der Waals surface area contributed by atoms with E-state index in [-0.39, 0.29) is 0 Å². The largest absolute Gasteiger partial charge is 0.465 e. The lowest BCUT2D eigenvalue weighted by Gasteiger charge is -2.08. The summed E-state index contributed by atoms with van der Waals surface area (Å²) in [6, 6.07) is 9.60. The number of aryl methyl sites for hydroxylation is 2. The summed E-state index contributed by atoms with van der Waals surface area (Å²) in [5.74, 6) is 2.49. The van der Waals surface area contributed by atoms with Crippen molar-refractivity contribution < 1.29 is 4.42 Å². The molecule has 0 aromatic carbocycles. The average Bonchev–Trinajstić information content (AvgIpc) is 2.73. The zero-order valence-corrected chi connectivity index (χ0v) is 11.2. The van der Waals surface area contributed by atoms with Crippen molar-refractivity contribution in [2.45, 2.75) is 20.4 Å². The lowest BCUT2D eigenvalue weighted by atomic mass is 10.4. The summed E-state index contributed by atoms with van der Waals surface area (Å²) >= 11 is 5.18. The molecule has 2 aromatic heterocycles. The van der Waals surface area contributed by atoms with Gasteiger partial charge in [-0.25, -0.2) is 4.98 Å². The van der Waals surface area contributed by atoms with Gasteiger partial charge in [0.1, 0.15) is 17.3 Å². The molecular formula is C13H15N3OS. The first-order valence-corrected chi connectivity index (χ1v) is 6.08. The van der Waals surface area contributed by atoms with E-state index >= 15 is 0 Å². The number of anilines is 1. The Bertz CT molecular complexity index is 551. The lowest BCUT2D eigenvalue weighted by Crippen LogP contribution is -2.28. The van der Waals surface area contributed by atoms with Crippen LogP contribution in [0.1, 0.15) is 17.2 Å². The van der Waals surface area contributed by atoms with E-state index in [0.717, 1.165) is 23.0 Å². The molecule has 18 heavy (non-hydrogen) atoms. The maximum Gasteiger partial charge on any atom is 0.172 e. The molecule has 2 rings (SSSR count). The van der Waals surface area contributed by atoms with Crippen LogP contribution in [0.2, 0.25) is 0 Å². The third-order valence-electron chi connectivity index (χ3n) is 2.35. The summed E-state index contributed by atoms with van der Waals surface area (Å²) in [6.45, 7) is 4.41. The van der Waals surface area contributed by atoms with Crippen LogP contribution in [0.4, 0.5) is 5.82 Å². The average molecular weight is 261 g/mol. The van der Waals surface area contributed by atoms with Crippen molar-refractivity contribution in [1.82, 2.24) is 10.3 Å². The van der Waals surface area contributed by atoms with Crippen LogP contribution in [-0.2, 0) is 6.54 Å². The number of nitrogens with one attached hydrogen (secondary N) is 2. The van der Waals surface area contributed by atoms with Crippen molar-refractivity contribution in [2.24, 2.45) is 0 Å². The number of hydrogen-bond acceptors (Lipinski definition) is 3. The first kappa shape index (κ1) is 12.6. The van der Waals surface area contributed by atoms with Crippen LogP contribution in [0.25, 0.3) is 0 Å². The summed E-state index contributed by atoms with van der Waals surface area (Å²) in [4.78, 5) is 4.31. The molecule has 0 atom stereocenters. The Labute approximate surface area is 111 Å². The minimum atomic E-state index is 0.530. The van der Waals surface area contributed by atoms with Gasteiger partial charge in [0, 0.05) is 5.69 Å². The summed E-state index contributed by atoms with van der Waals surface area (Å²) < 4.78 is 5.44. The van der Waals surface area contributed by atoms with Gasteiger partial charge in [0.25, 0.3) is 0 Å². The van der Waals surface area contributed by atoms with Crippen LogP contribution in [0.5, 0.6) is 0 Å². The molecule has 2 N–H and O–H groups in total. The Morgan fingerprint density at radius 3 is 2.78 bits per heavy atom. The van der Waals surface area contributed by atoms with Crippen molar-refractivity contribution >= 4 is 23.1 Å². The van der Waals surface area contributed by atoms with Gasteiger partial charge in [-0.15, -0.1) is 0 Å². The van der Waals surface area contributed by atoms with E-state index in [1.165, 1.54) is 0 Å². The molecule has 0 aliphatic carbocycles. The molecule has 2 aromatic rings. The van der Waals surface area contributed by atoms with Crippen molar-refractivity contribution in [2.75, 3.05) is 5.32 Å². The molecule has 0 spiro atoms. The fourth-order valence-corrected chi connectivity index (χ4v) is 1.70. The number of rotatable bonds is 3. The van der Waals surface area contributed by atoms with Gasteiger partial charge in [0.2, 0.25) is 0 Å². The highest BCUT2D eigenvalue weighted by Gasteiger charge is 2.01. The van der Waals surface area contributed by atoms with Crippen LogP contribution in [0.15, 0.2) is 34.7 Å². The minimum Gasteiger partial charge on any atom is -0.465 e. The molecule has 0 fully saturated rings. The Morgan fingerprint density at radius 2 is 2.11 bits per heavy atom. The fraction of sp³-hybridized carbons (Fsp3) is 0.231. The number of aromatic nitrogens is 1. The van der Waals surface area contributed by atoms with Crippen LogP contribution in [0.3, 0.4) is 0 Å². The first-order chi connectivity index (χ1) is 8.63. The van der Waals surface area contributed by atoms with E-state index in [2.05, 4.69) is 15.6 Å². The van der Waals surface area contributed by atoms with E-state index in [1.54, 1.807) is 0 Å². The normalized spacial score (nSPS) is 10.1. The highest BCUT2D eigenvalue weighted by Crippen LogP contribution is 2.06. The zero-order chi connectivity index (χ0) is 13.0. The monoisotopic (exact) mass is 261 g/mol. The summed E-state index contributed by atoms with van der Waals surface area (Å²) in [5, 5.41) is 6.62. The molecule has 0 bridgehead atoms. The molecule has 0 radical (unpaired) electrons. The third kappa shape index (κ3) is 3.56. The number of nitrogens with zero attached hydrogens (tertiary/aromatic N) is 1. The second-order valence-corrected chi connectivity index (χ2v) is 4.39. The molecule has 2 heterocycles. The Hall–Kier alpha value is -1.88. The van der Waals surface area contributed by atoms with Crippen molar-refractivity contribution in [1.29, 1.82) is 0 Å². The number of furan rings is 1. The molecule has 0 saturated heterocycles. The van der Waals surface area contributed by atoms with Gasteiger partial charge < -0.3 is 15.1 Å². The summed E-state index contributed by atoms with van der Waals surface area (Å²) in [5.41, 5.74) is 0.949. The molecule has 0 saturated carbocycles. The van der Waals surface area contributed by atoms with Gasteiger partial charge in [-0.1, -0.05) is 6.07 Å². The molecule has 0 unspecified atom stereocenters. The molecular weight excluding hydrogens is 246 g/mol. The third-order valence-corrected chi connectivity index (χ3v) is 2.60. The van der Waals surface area contributed by atoms with E-state index in [9.17, 15) is 0 Å². The van der Waals surface area contributed by atoms with E-state index < -0.39 is 0 Å². The highest BCUT2D eigenvalue weighted by molar-refractivity contribution is 7.80. The maximum atomic E-state index is 5.44. The van der Waals surface area contributed by atoms with Gasteiger partial charge >= 0.3 is 0 Å². The molecule has 0 aliphatic heterocycles. The summed E-state index contributed by atoms with van der Waals surface area (Å²) in [7, 11) is 0. The predicted molar refractivity (Wildman–Crippen MR) is 75.5 cm³/mol. The van der Waals surface area contributed by atoms with Gasteiger partial charge in [0.05, 0.1) is 6.54 Å². The van der Waals surface area contributed by atoms with Gasteiger partial charge in [-0.3, -0.25) is 0 Å². The quantitative estimate of drug-likeness (QED) is 0.832. The van der Waals surface area contributed by atoms with Gasteiger partial charge in [-0.2, -0.15) is 0 Å².